The fourth-order valence-electron chi connectivity index (χ4n) is 5.54. The van der Waals surface area contributed by atoms with Crippen LogP contribution in [0.15, 0.2) is 89.8 Å². The van der Waals surface area contributed by atoms with Gasteiger partial charge in [-0.25, -0.2) is 13.2 Å². The van der Waals surface area contributed by atoms with E-state index in [9.17, 15) is 23.4 Å². The zero-order chi connectivity index (χ0) is 31.8. The first-order valence-electron chi connectivity index (χ1n) is 15.4. The molecule has 0 saturated carbocycles. The van der Waals surface area contributed by atoms with Gasteiger partial charge in [0.05, 0.1) is 4.90 Å². The summed E-state index contributed by atoms with van der Waals surface area (Å²) in [6.45, 7) is 3.52. The maximum atomic E-state index is 13.1. The van der Waals surface area contributed by atoms with Gasteiger partial charge in [-0.05, 0) is 102 Å². The number of carbonyl (C=O) groups excluding carboxylic acids is 1. The van der Waals surface area contributed by atoms with E-state index in [1.807, 2.05) is 30.3 Å². The highest BCUT2D eigenvalue weighted by molar-refractivity contribution is 7.92. The van der Waals surface area contributed by atoms with Crippen LogP contribution >= 0.6 is 0 Å². The number of carbonyl (C=O) groups is 1. The molecule has 9 nitrogen and oxygen atoms in total. The van der Waals surface area contributed by atoms with Crippen LogP contribution in [0.1, 0.15) is 55.3 Å². The molecular formula is C35H40N4O5S. The van der Waals surface area contributed by atoms with Gasteiger partial charge in [-0.1, -0.05) is 62.6 Å². The largest absolute Gasteiger partial charge is 0.504 e. The highest BCUT2D eigenvalue weighted by Gasteiger charge is 2.22. The number of unbranched alkanes of at least 4 members (excludes halogenated alkanes) is 3. The Morgan fingerprint density at radius 1 is 0.867 bits per heavy atom. The lowest BCUT2D eigenvalue weighted by Gasteiger charge is -2.27. The van der Waals surface area contributed by atoms with E-state index < -0.39 is 10.0 Å². The van der Waals surface area contributed by atoms with Gasteiger partial charge in [0.1, 0.15) is 0 Å². The number of sulfonamides is 1. The molecule has 1 atom stereocenters. The number of phenols is 2. The minimum Gasteiger partial charge on any atom is -0.504 e. The van der Waals surface area contributed by atoms with Crippen LogP contribution in [-0.2, 0) is 22.9 Å². The number of benzene rings is 4. The van der Waals surface area contributed by atoms with Crippen LogP contribution in [0.25, 0.3) is 11.1 Å². The van der Waals surface area contributed by atoms with Gasteiger partial charge in [0, 0.05) is 24.0 Å². The molecule has 10 heteroatoms. The number of urea groups is 1. The fraction of sp³-hybridized carbons (Fsp3) is 0.286. The normalized spacial score (nSPS) is 14.4. The number of amides is 2. The van der Waals surface area contributed by atoms with Crippen molar-refractivity contribution in [1.29, 1.82) is 0 Å². The minimum atomic E-state index is -3.85. The molecule has 1 aliphatic heterocycles. The molecule has 0 aromatic heterocycles. The summed E-state index contributed by atoms with van der Waals surface area (Å²) in [5.41, 5.74) is 5.88. The molecule has 1 unspecified atom stereocenters. The third-order valence-corrected chi connectivity index (χ3v) is 9.37. The van der Waals surface area contributed by atoms with E-state index in [1.165, 1.54) is 12.1 Å². The Morgan fingerprint density at radius 2 is 1.62 bits per heavy atom. The molecule has 4 aromatic carbocycles. The molecule has 4 aromatic rings. The van der Waals surface area contributed by atoms with Gasteiger partial charge >= 0.3 is 6.03 Å². The van der Waals surface area contributed by atoms with Crippen molar-refractivity contribution in [1.82, 2.24) is 10.6 Å². The van der Waals surface area contributed by atoms with E-state index in [0.29, 0.717) is 17.9 Å². The summed E-state index contributed by atoms with van der Waals surface area (Å²) in [4.78, 5) is 12.2. The average molecular weight is 629 g/mol. The van der Waals surface area contributed by atoms with Gasteiger partial charge in [0.25, 0.3) is 10.0 Å². The number of aromatic hydroxyl groups is 2. The molecule has 1 aliphatic rings. The van der Waals surface area contributed by atoms with Crippen molar-refractivity contribution in [3.63, 3.8) is 0 Å². The van der Waals surface area contributed by atoms with E-state index in [4.69, 9.17) is 0 Å². The summed E-state index contributed by atoms with van der Waals surface area (Å²) in [6, 6.07) is 24.4. The number of anilines is 2. The molecule has 236 valence electrons. The SMILES string of the molecule is CCCCCCNC(=O)Nc1ccc(S(=O)(=O)Nc2cccc(-c3ccc(CC4NCCc5cc(O)c(O)cc54)cc3)c2)cc1. The number of hydrogen-bond donors (Lipinski definition) is 6. The average Bonchev–Trinajstić information content (AvgIpc) is 3.02. The quantitative estimate of drug-likeness (QED) is 0.0763. The highest BCUT2D eigenvalue weighted by atomic mass is 32.2. The first-order valence-corrected chi connectivity index (χ1v) is 16.9. The monoisotopic (exact) mass is 628 g/mol. The standard InChI is InChI=1S/C35H40N4O5S/c1-2-3-4-5-18-37-35(42)38-28-13-15-30(16-14-28)45(43,44)39-29-8-6-7-26(21-29)25-11-9-24(10-12-25)20-32-31-23-34(41)33(40)22-27(31)17-19-36-32/h6-16,21-23,32,36,39-41H,2-5,17-20H2,1H3,(H2,37,38,42). The van der Waals surface area contributed by atoms with Gasteiger partial charge in [-0.3, -0.25) is 4.72 Å². The maximum absolute atomic E-state index is 13.1. The zero-order valence-corrected chi connectivity index (χ0v) is 26.2. The molecule has 5 rings (SSSR count). The lowest BCUT2D eigenvalue weighted by Crippen LogP contribution is -2.31. The second-order valence-electron chi connectivity index (χ2n) is 11.3. The van der Waals surface area contributed by atoms with E-state index in [1.54, 1.807) is 42.5 Å². The van der Waals surface area contributed by atoms with Crippen molar-refractivity contribution in [2.24, 2.45) is 0 Å². The number of nitrogens with one attached hydrogen (secondary N) is 4. The Labute approximate surface area is 264 Å². The predicted molar refractivity (Wildman–Crippen MR) is 178 cm³/mol. The fourth-order valence-corrected chi connectivity index (χ4v) is 6.59. The van der Waals surface area contributed by atoms with Crippen molar-refractivity contribution in [3.05, 3.63) is 102 Å². The number of fused-ring (bicyclic) bond motifs is 1. The molecule has 0 spiro atoms. The summed E-state index contributed by atoms with van der Waals surface area (Å²) >= 11 is 0. The Balaban J connectivity index is 1.19. The van der Waals surface area contributed by atoms with E-state index in [2.05, 4.69) is 27.6 Å². The first kappa shape index (κ1) is 31.9. The van der Waals surface area contributed by atoms with Gasteiger partial charge in [-0.15, -0.1) is 0 Å². The Morgan fingerprint density at radius 3 is 2.38 bits per heavy atom. The third-order valence-electron chi connectivity index (χ3n) is 7.98. The van der Waals surface area contributed by atoms with Gasteiger partial charge in [0.15, 0.2) is 11.5 Å². The van der Waals surface area contributed by atoms with Crippen LogP contribution in [0.5, 0.6) is 11.5 Å². The van der Waals surface area contributed by atoms with Crippen LogP contribution in [0.3, 0.4) is 0 Å². The van der Waals surface area contributed by atoms with Crippen LogP contribution < -0.4 is 20.7 Å². The predicted octanol–water partition coefficient (Wildman–Crippen LogP) is 6.70. The van der Waals surface area contributed by atoms with E-state index in [0.717, 1.165) is 72.9 Å². The van der Waals surface area contributed by atoms with Crippen molar-refractivity contribution in [2.75, 3.05) is 23.1 Å². The Kier molecular flexibility index (Phi) is 10.3. The molecule has 0 bridgehead atoms. The zero-order valence-electron chi connectivity index (χ0n) is 25.3. The Hall–Kier alpha value is -4.54. The summed E-state index contributed by atoms with van der Waals surface area (Å²) in [5, 5.41) is 29.0. The minimum absolute atomic E-state index is 0.0196. The van der Waals surface area contributed by atoms with Crippen molar-refractivity contribution in [3.8, 4) is 22.6 Å². The third kappa shape index (κ3) is 8.34. The summed E-state index contributed by atoms with van der Waals surface area (Å²) in [7, 11) is -3.85. The topological polar surface area (TPSA) is 140 Å². The molecule has 0 aliphatic carbocycles. The molecule has 6 N–H and O–H groups in total. The molecule has 1 heterocycles. The second kappa shape index (κ2) is 14.5. The lowest BCUT2D eigenvalue weighted by atomic mass is 9.89. The second-order valence-corrected chi connectivity index (χ2v) is 13.0. The summed E-state index contributed by atoms with van der Waals surface area (Å²) in [5.74, 6) is -0.210. The summed E-state index contributed by atoms with van der Waals surface area (Å²) < 4.78 is 28.9. The smallest absolute Gasteiger partial charge is 0.319 e. The van der Waals surface area contributed by atoms with Crippen LogP contribution in [0.4, 0.5) is 16.2 Å². The molecule has 0 saturated heterocycles. The first-order chi connectivity index (χ1) is 21.7. The molecule has 0 radical (unpaired) electrons. The number of phenolic OH excluding ortho intramolecular Hbond substituents is 2. The van der Waals surface area contributed by atoms with Gasteiger partial charge < -0.3 is 26.2 Å². The maximum Gasteiger partial charge on any atom is 0.319 e. The van der Waals surface area contributed by atoms with E-state index in [-0.39, 0.29) is 28.5 Å². The van der Waals surface area contributed by atoms with E-state index >= 15 is 0 Å². The number of rotatable bonds is 12. The molecule has 45 heavy (non-hydrogen) atoms. The van der Waals surface area contributed by atoms with Crippen LogP contribution in [0, 0.1) is 0 Å². The lowest BCUT2D eigenvalue weighted by molar-refractivity contribution is 0.252. The molecule has 2 amide bonds. The van der Waals surface area contributed by atoms with Gasteiger partial charge in [0.2, 0.25) is 0 Å². The van der Waals surface area contributed by atoms with Crippen molar-refractivity contribution >= 4 is 27.4 Å². The van der Waals surface area contributed by atoms with Crippen LogP contribution in [0.2, 0.25) is 0 Å². The summed E-state index contributed by atoms with van der Waals surface area (Å²) in [6.07, 6.45) is 5.77. The van der Waals surface area contributed by atoms with Gasteiger partial charge in [-0.2, -0.15) is 0 Å². The number of hydrogen-bond acceptors (Lipinski definition) is 6. The van der Waals surface area contributed by atoms with Crippen molar-refractivity contribution < 1.29 is 23.4 Å². The van der Waals surface area contributed by atoms with Crippen molar-refractivity contribution in [2.45, 2.75) is 56.4 Å². The highest BCUT2D eigenvalue weighted by Crippen LogP contribution is 2.35. The van der Waals surface area contributed by atoms with Crippen LogP contribution in [-0.4, -0.2) is 37.8 Å². The molecular weight excluding hydrogens is 588 g/mol. The Bertz CT molecular complexity index is 1720. The molecule has 0 fully saturated rings.